The highest BCUT2D eigenvalue weighted by Crippen LogP contribution is 2.32. The van der Waals surface area contributed by atoms with Crippen LogP contribution >= 0.6 is 39.3 Å². The van der Waals surface area contributed by atoms with Gasteiger partial charge in [-0.2, -0.15) is 0 Å². The van der Waals surface area contributed by atoms with E-state index >= 15 is 0 Å². The first kappa shape index (κ1) is 13.5. The molecule has 3 nitrogen and oxygen atoms in total. The van der Waals surface area contributed by atoms with Gasteiger partial charge in [-0.25, -0.2) is 9.97 Å². The van der Waals surface area contributed by atoms with Crippen molar-refractivity contribution in [1.82, 2.24) is 9.97 Å². The number of rotatable bonds is 3. The predicted octanol–water partition coefficient (Wildman–Crippen LogP) is 4.16. The fourth-order valence-corrected chi connectivity index (χ4v) is 3.19. The van der Waals surface area contributed by atoms with E-state index in [1.54, 1.807) is 6.92 Å². The number of benzene rings is 1. The fraction of sp³-hybridized carbons (Fsp3) is 0.0833. The van der Waals surface area contributed by atoms with Gasteiger partial charge in [-0.05, 0) is 25.1 Å². The molecule has 1 aromatic carbocycles. The highest BCUT2D eigenvalue weighted by atomic mass is 79.9. The highest BCUT2D eigenvalue weighted by Gasteiger charge is 2.12. The topological polar surface area (TPSA) is 42.9 Å². The van der Waals surface area contributed by atoms with Crippen molar-refractivity contribution in [2.45, 2.75) is 16.8 Å². The predicted molar refractivity (Wildman–Crippen MR) is 75.4 cm³/mol. The number of hydrogen-bond acceptors (Lipinski definition) is 4. The molecule has 0 unspecified atom stereocenters. The molecule has 1 heterocycles. The Morgan fingerprint density at radius 1 is 1.39 bits per heavy atom. The highest BCUT2D eigenvalue weighted by molar-refractivity contribution is 9.10. The lowest BCUT2D eigenvalue weighted by Gasteiger charge is -2.06. The van der Waals surface area contributed by atoms with Gasteiger partial charge in [-0.1, -0.05) is 45.4 Å². The standard InChI is InChI=1S/C12H8BrClN2OS/c1-7-15-11(14)10(6-17)12(16-7)18-9-4-2-3-8(13)5-9/h2-6H,1H3. The Labute approximate surface area is 122 Å². The van der Waals surface area contributed by atoms with Gasteiger partial charge in [0.2, 0.25) is 0 Å². The van der Waals surface area contributed by atoms with E-state index in [0.29, 0.717) is 22.7 Å². The van der Waals surface area contributed by atoms with Crippen molar-refractivity contribution >= 4 is 45.6 Å². The minimum absolute atomic E-state index is 0.190. The number of hydrogen-bond donors (Lipinski definition) is 0. The number of carbonyl (C=O) groups is 1. The van der Waals surface area contributed by atoms with E-state index in [9.17, 15) is 4.79 Å². The van der Waals surface area contributed by atoms with Gasteiger partial charge in [0.1, 0.15) is 16.0 Å². The van der Waals surface area contributed by atoms with E-state index in [1.165, 1.54) is 11.8 Å². The van der Waals surface area contributed by atoms with Gasteiger partial charge in [0.25, 0.3) is 0 Å². The zero-order valence-corrected chi connectivity index (χ0v) is 12.5. The number of nitrogens with zero attached hydrogens (tertiary/aromatic N) is 2. The molecule has 2 aromatic rings. The number of halogens is 2. The summed E-state index contributed by atoms with van der Waals surface area (Å²) in [6, 6.07) is 7.74. The summed E-state index contributed by atoms with van der Waals surface area (Å²) in [5.74, 6) is 0.545. The average molecular weight is 344 g/mol. The second-order valence-corrected chi connectivity index (χ2v) is 5.79. The Hall–Kier alpha value is -0.910. The molecule has 0 radical (unpaired) electrons. The summed E-state index contributed by atoms with van der Waals surface area (Å²) >= 11 is 10.7. The van der Waals surface area contributed by atoms with Gasteiger partial charge >= 0.3 is 0 Å². The van der Waals surface area contributed by atoms with Gasteiger partial charge < -0.3 is 0 Å². The second-order valence-electron chi connectivity index (χ2n) is 3.46. The SMILES string of the molecule is Cc1nc(Cl)c(C=O)c(Sc2cccc(Br)c2)n1. The molecule has 2 rings (SSSR count). The molecule has 0 aliphatic rings. The Morgan fingerprint density at radius 2 is 2.17 bits per heavy atom. The molecule has 0 atom stereocenters. The molecule has 0 fully saturated rings. The van der Waals surface area contributed by atoms with Crippen molar-refractivity contribution in [2.75, 3.05) is 0 Å². The van der Waals surface area contributed by atoms with Crippen LogP contribution in [0.15, 0.2) is 38.7 Å². The molecule has 1 aromatic heterocycles. The van der Waals surface area contributed by atoms with E-state index in [1.807, 2.05) is 24.3 Å². The van der Waals surface area contributed by atoms with E-state index in [4.69, 9.17) is 11.6 Å². The monoisotopic (exact) mass is 342 g/mol. The molecule has 0 saturated carbocycles. The molecule has 0 spiro atoms. The van der Waals surface area contributed by atoms with Crippen molar-refractivity contribution in [3.63, 3.8) is 0 Å². The van der Waals surface area contributed by atoms with E-state index < -0.39 is 0 Å². The smallest absolute Gasteiger partial charge is 0.155 e. The van der Waals surface area contributed by atoms with Crippen LogP contribution in [0.3, 0.4) is 0 Å². The largest absolute Gasteiger partial charge is 0.298 e. The Morgan fingerprint density at radius 3 is 2.83 bits per heavy atom. The molecule has 0 amide bonds. The Kier molecular flexibility index (Phi) is 4.37. The minimum atomic E-state index is 0.190. The van der Waals surface area contributed by atoms with Crippen molar-refractivity contribution in [3.8, 4) is 0 Å². The van der Waals surface area contributed by atoms with Crippen molar-refractivity contribution in [3.05, 3.63) is 45.3 Å². The Balaban J connectivity index is 2.42. The molecular weight excluding hydrogens is 336 g/mol. The van der Waals surface area contributed by atoms with Gasteiger partial charge in [0.15, 0.2) is 6.29 Å². The van der Waals surface area contributed by atoms with Crippen LogP contribution < -0.4 is 0 Å². The lowest BCUT2D eigenvalue weighted by atomic mass is 10.4. The van der Waals surface area contributed by atoms with Crippen LogP contribution in [0.25, 0.3) is 0 Å². The third-order valence-electron chi connectivity index (χ3n) is 2.10. The van der Waals surface area contributed by atoms with E-state index in [0.717, 1.165) is 9.37 Å². The maximum atomic E-state index is 11.0. The molecule has 18 heavy (non-hydrogen) atoms. The van der Waals surface area contributed by atoms with Crippen molar-refractivity contribution in [1.29, 1.82) is 0 Å². The fourth-order valence-electron chi connectivity index (χ4n) is 1.34. The average Bonchev–Trinajstić information content (AvgIpc) is 2.28. The van der Waals surface area contributed by atoms with Crippen LogP contribution in [0, 0.1) is 6.92 Å². The molecule has 6 heteroatoms. The van der Waals surface area contributed by atoms with E-state index in [2.05, 4.69) is 25.9 Å². The summed E-state index contributed by atoms with van der Waals surface area (Å²) in [6.07, 6.45) is 0.683. The normalized spacial score (nSPS) is 10.4. The number of aromatic nitrogens is 2. The van der Waals surface area contributed by atoms with Gasteiger partial charge in [-0.15, -0.1) is 0 Å². The van der Waals surface area contributed by atoms with Crippen LogP contribution in [0.2, 0.25) is 5.15 Å². The summed E-state index contributed by atoms with van der Waals surface area (Å²) < 4.78 is 0.969. The van der Waals surface area contributed by atoms with Crippen molar-refractivity contribution in [2.24, 2.45) is 0 Å². The first-order valence-electron chi connectivity index (χ1n) is 5.03. The summed E-state index contributed by atoms with van der Waals surface area (Å²) in [6.45, 7) is 1.74. The first-order chi connectivity index (χ1) is 8.60. The van der Waals surface area contributed by atoms with Crippen LogP contribution in [0.1, 0.15) is 16.2 Å². The van der Waals surface area contributed by atoms with Crippen LogP contribution in [0.4, 0.5) is 0 Å². The third kappa shape index (κ3) is 3.10. The summed E-state index contributed by atoms with van der Waals surface area (Å²) in [5.41, 5.74) is 0.326. The van der Waals surface area contributed by atoms with Gasteiger partial charge in [0, 0.05) is 9.37 Å². The first-order valence-corrected chi connectivity index (χ1v) is 7.01. The van der Waals surface area contributed by atoms with Crippen molar-refractivity contribution < 1.29 is 4.79 Å². The zero-order valence-electron chi connectivity index (χ0n) is 9.35. The lowest BCUT2D eigenvalue weighted by molar-refractivity contribution is 0.112. The summed E-state index contributed by atoms with van der Waals surface area (Å²) in [5, 5.41) is 0.760. The minimum Gasteiger partial charge on any atom is -0.298 e. The van der Waals surface area contributed by atoms with Crippen LogP contribution in [0.5, 0.6) is 0 Å². The number of aldehydes is 1. The van der Waals surface area contributed by atoms with E-state index in [-0.39, 0.29) is 5.15 Å². The zero-order chi connectivity index (χ0) is 13.1. The maximum absolute atomic E-state index is 11.0. The number of aryl methyl sites for hydroxylation is 1. The molecule has 0 aliphatic heterocycles. The molecular formula is C12H8BrClN2OS. The molecule has 0 N–H and O–H groups in total. The second kappa shape index (κ2) is 5.82. The lowest BCUT2D eigenvalue weighted by Crippen LogP contribution is -1.98. The maximum Gasteiger partial charge on any atom is 0.155 e. The quantitative estimate of drug-likeness (QED) is 0.620. The third-order valence-corrected chi connectivity index (χ3v) is 3.88. The molecule has 0 aliphatic carbocycles. The van der Waals surface area contributed by atoms with Crippen LogP contribution in [-0.4, -0.2) is 16.3 Å². The molecule has 92 valence electrons. The van der Waals surface area contributed by atoms with Gasteiger partial charge in [-0.3, -0.25) is 4.79 Å². The summed E-state index contributed by atoms with van der Waals surface area (Å²) in [4.78, 5) is 20.2. The number of carbonyl (C=O) groups excluding carboxylic acids is 1. The summed E-state index contributed by atoms with van der Waals surface area (Å²) in [7, 11) is 0. The van der Waals surface area contributed by atoms with Gasteiger partial charge in [0.05, 0.1) is 5.56 Å². The molecule has 0 bridgehead atoms. The Bertz CT molecular complexity index is 607. The molecule has 0 saturated heterocycles. The van der Waals surface area contributed by atoms with Crippen LogP contribution in [-0.2, 0) is 0 Å².